The van der Waals surface area contributed by atoms with Gasteiger partial charge in [-0.15, -0.1) is 0 Å². The zero-order valence-electron chi connectivity index (χ0n) is 6.70. The van der Waals surface area contributed by atoms with Gasteiger partial charge in [-0.05, 0) is 0 Å². The molecular formula is C7H8ClN3OS. The van der Waals surface area contributed by atoms with Crippen LogP contribution in [0, 0.1) is 0 Å². The molecule has 0 aliphatic carbocycles. The minimum atomic E-state index is 0.0447. The van der Waals surface area contributed by atoms with E-state index in [0.29, 0.717) is 23.8 Å². The number of hydrogen-bond acceptors (Lipinski definition) is 3. The van der Waals surface area contributed by atoms with Crippen LogP contribution >= 0.6 is 24.2 Å². The minimum Gasteiger partial charge on any atom is -0.307 e. The van der Waals surface area contributed by atoms with Crippen LogP contribution in [0.25, 0.3) is 0 Å². The maximum atomic E-state index is 11.4. The molecule has 1 N–H and O–H groups in total. The first-order chi connectivity index (χ1) is 6.18. The molecule has 0 aromatic carbocycles. The van der Waals surface area contributed by atoms with E-state index in [1.807, 2.05) is 0 Å². The van der Waals surface area contributed by atoms with Gasteiger partial charge in [0, 0.05) is 18.2 Å². The maximum Gasteiger partial charge on any atom is 0.228 e. The van der Waals surface area contributed by atoms with Crippen molar-refractivity contribution < 1.29 is 4.79 Å². The number of thiol groups is 1. The van der Waals surface area contributed by atoms with Crippen molar-refractivity contribution in [1.82, 2.24) is 10.2 Å². The molecular weight excluding hydrogens is 210 g/mol. The lowest BCUT2D eigenvalue weighted by Crippen LogP contribution is -2.24. The van der Waals surface area contributed by atoms with Crippen molar-refractivity contribution in [3.05, 3.63) is 11.3 Å². The van der Waals surface area contributed by atoms with E-state index in [-0.39, 0.29) is 11.2 Å². The molecule has 1 aromatic rings. The van der Waals surface area contributed by atoms with E-state index in [2.05, 4.69) is 22.8 Å². The average Bonchev–Trinajstić information content (AvgIpc) is 2.58. The molecule has 13 heavy (non-hydrogen) atoms. The van der Waals surface area contributed by atoms with Gasteiger partial charge in [0.1, 0.15) is 10.8 Å². The number of halogens is 1. The number of hydrogen-bond donors (Lipinski definition) is 2. The largest absolute Gasteiger partial charge is 0.307 e. The standard InChI is InChI=1S/C7H8ClN3OS/c8-7-5(2-9-10-7)11-3-4(13)1-6(11)12/h2,4,13H,1,3H2,(H,9,10). The molecule has 1 aliphatic rings. The summed E-state index contributed by atoms with van der Waals surface area (Å²) >= 11 is 10.0. The summed E-state index contributed by atoms with van der Waals surface area (Å²) in [6, 6.07) is 0. The first-order valence-electron chi connectivity index (χ1n) is 3.86. The topological polar surface area (TPSA) is 49.0 Å². The van der Waals surface area contributed by atoms with Crippen molar-refractivity contribution in [3.63, 3.8) is 0 Å². The smallest absolute Gasteiger partial charge is 0.228 e. The number of nitrogens with one attached hydrogen (secondary N) is 1. The molecule has 6 heteroatoms. The Morgan fingerprint density at radius 1 is 1.77 bits per heavy atom. The Morgan fingerprint density at radius 2 is 2.54 bits per heavy atom. The molecule has 0 spiro atoms. The highest BCUT2D eigenvalue weighted by Crippen LogP contribution is 2.28. The monoisotopic (exact) mass is 217 g/mol. The third-order valence-corrected chi connectivity index (χ3v) is 2.59. The van der Waals surface area contributed by atoms with Crippen LogP contribution < -0.4 is 4.90 Å². The molecule has 4 nitrogen and oxygen atoms in total. The zero-order valence-corrected chi connectivity index (χ0v) is 8.35. The van der Waals surface area contributed by atoms with E-state index in [1.165, 1.54) is 0 Å². The molecule has 1 fully saturated rings. The van der Waals surface area contributed by atoms with Gasteiger partial charge in [0.25, 0.3) is 0 Å². The SMILES string of the molecule is O=C1CC(S)CN1c1cn[nH]c1Cl. The summed E-state index contributed by atoms with van der Waals surface area (Å²) in [4.78, 5) is 13.0. The quantitative estimate of drug-likeness (QED) is 0.693. The predicted octanol–water partition coefficient (Wildman–Crippen LogP) is 1.10. The van der Waals surface area contributed by atoms with Crippen LogP contribution in [0.3, 0.4) is 0 Å². The molecule has 2 heterocycles. The highest BCUT2D eigenvalue weighted by Gasteiger charge is 2.30. The Labute approximate surface area is 85.7 Å². The molecule has 1 aromatic heterocycles. The van der Waals surface area contributed by atoms with Crippen molar-refractivity contribution in [1.29, 1.82) is 0 Å². The Hall–Kier alpha value is -0.680. The van der Waals surface area contributed by atoms with Gasteiger partial charge in [0.15, 0.2) is 0 Å². The van der Waals surface area contributed by atoms with E-state index in [0.717, 1.165) is 0 Å². The van der Waals surface area contributed by atoms with Crippen molar-refractivity contribution in [2.75, 3.05) is 11.4 Å². The van der Waals surface area contributed by atoms with Gasteiger partial charge >= 0.3 is 0 Å². The Morgan fingerprint density at radius 3 is 3.00 bits per heavy atom. The molecule has 1 amide bonds. The molecule has 1 atom stereocenters. The summed E-state index contributed by atoms with van der Waals surface area (Å²) in [5.74, 6) is 0.0447. The van der Waals surface area contributed by atoms with E-state index in [9.17, 15) is 4.79 Å². The van der Waals surface area contributed by atoms with Crippen LogP contribution in [0.2, 0.25) is 5.15 Å². The van der Waals surface area contributed by atoms with Crippen LogP contribution in [0.15, 0.2) is 6.20 Å². The van der Waals surface area contributed by atoms with E-state index in [1.54, 1.807) is 11.1 Å². The molecule has 2 rings (SSSR count). The lowest BCUT2D eigenvalue weighted by atomic mass is 10.4. The van der Waals surface area contributed by atoms with Gasteiger partial charge in [-0.2, -0.15) is 17.7 Å². The second-order valence-electron chi connectivity index (χ2n) is 2.93. The van der Waals surface area contributed by atoms with Crippen LogP contribution in [0.1, 0.15) is 6.42 Å². The third kappa shape index (κ3) is 1.53. The summed E-state index contributed by atoms with van der Waals surface area (Å²) in [6.45, 7) is 0.598. The number of nitrogens with zero attached hydrogens (tertiary/aromatic N) is 2. The molecule has 1 aliphatic heterocycles. The van der Waals surface area contributed by atoms with Gasteiger partial charge in [0.2, 0.25) is 5.91 Å². The van der Waals surface area contributed by atoms with Crippen molar-refractivity contribution >= 4 is 35.8 Å². The molecule has 1 unspecified atom stereocenters. The second kappa shape index (κ2) is 3.23. The predicted molar refractivity (Wildman–Crippen MR) is 53.3 cm³/mol. The second-order valence-corrected chi connectivity index (χ2v) is 4.04. The van der Waals surface area contributed by atoms with Crippen molar-refractivity contribution in [2.24, 2.45) is 0 Å². The molecule has 0 saturated carbocycles. The number of H-pyrrole nitrogens is 1. The Kier molecular flexibility index (Phi) is 2.21. The van der Waals surface area contributed by atoms with E-state index >= 15 is 0 Å². The van der Waals surface area contributed by atoms with Crippen molar-refractivity contribution in [2.45, 2.75) is 11.7 Å². The van der Waals surface area contributed by atoms with E-state index < -0.39 is 0 Å². The molecule has 70 valence electrons. The minimum absolute atomic E-state index is 0.0447. The summed E-state index contributed by atoms with van der Waals surface area (Å²) < 4.78 is 0. The number of aromatic nitrogens is 2. The van der Waals surface area contributed by atoms with Gasteiger partial charge in [-0.1, -0.05) is 11.6 Å². The zero-order chi connectivity index (χ0) is 9.42. The highest BCUT2D eigenvalue weighted by molar-refractivity contribution is 7.81. The lowest BCUT2D eigenvalue weighted by molar-refractivity contribution is -0.117. The fourth-order valence-corrected chi connectivity index (χ4v) is 1.89. The number of aromatic amines is 1. The van der Waals surface area contributed by atoms with Gasteiger partial charge < -0.3 is 4.90 Å². The van der Waals surface area contributed by atoms with Gasteiger partial charge in [-0.3, -0.25) is 9.89 Å². The number of amides is 1. The Balaban J connectivity index is 2.27. The average molecular weight is 218 g/mol. The van der Waals surface area contributed by atoms with Crippen LogP contribution in [-0.4, -0.2) is 27.9 Å². The number of carbonyl (C=O) groups excluding carboxylic acids is 1. The molecule has 0 bridgehead atoms. The van der Waals surface area contributed by atoms with Crippen LogP contribution in [0.4, 0.5) is 5.69 Å². The first kappa shape index (κ1) is 8.90. The summed E-state index contributed by atoms with van der Waals surface area (Å²) in [5.41, 5.74) is 0.642. The van der Waals surface area contributed by atoms with Crippen LogP contribution in [-0.2, 0) is 4.79 Å². The fraction of sp³-hybridized carbons (Fsp3) is 0.429. The lowest BCUT2D eigenvalue weighted by Gasteiger charge is -2.13. The first-order valence-corrected chi connectivity index (χ1v) is 4.75. The van der Waals surface area contributed by atoms with Gasteiger partial charge in [-0.25, -0.2) is 0 Å². The number of rotatable bonds is 1. The normalized spacial score (nSPS) is 22.8. The van der Waals surface area contributed by atoms with Gasteiger partial charge in [0.05, 0.1) is 6.20 Å². The third-order valence-electron chi connectivity index (χ3n) is 1.97. The summed E-state index contributed by atoms with van der Waals surface area (Å²) in [5, 5.41) is 6.82. The highest BCUT2D eigenvalue weighted by atomic mass is 35.5. The summed E-state index contributed by atoms with van der Waals surface area (Å²) in [6.07, 6.45) is 2.01. The maximum absolute atomic E-state index is 11.4. The van der Waals surface area contributed by atoms with Crippen LogP contribution in [0.5, 0.6) is 0 Å². The molecule has 0 radical (unpaired) electrons. The molecule has 1 saturated heterocycles. The van der Waals surface area contributed by atoms with E-state index in [4.69, 9.17) is 11.6 Å². The Bertz CT molecular complexity index is 340. The summed E-state index contributed by atoms with van der Waals surface area (Å²) in [7, 11) is 0. The fourth-order valence-electron chi connectivity index (χ4n) is 1.37. The number of anilines is 1. The van der Waals surface area contributed by atoms with Crippen molar-refractivity contribution in [3.8, 4) is 0 Å². The number of carbonyl (C=O) groups is 1.